The Kier molecular flexibility index (Phi) is 3.19. The zero-order valence-corrected chi connectivity index (χ0v) is 13.2. The van der Waals surface area contributed by atoms with E-state index in [0.29, 0.717) is 0 Å². The van der Waals surface area contributed by atoms with Crippen molar-refractivity contribution in [2.75, 3.05) is 0 Å². The third kappa shape index (κ3) is 2.50. The summed E-state index contributed by atoms with van der Waals surface area (Å²) < 4.78 is 1.93. The molecule has 0 saturated heterocycles. The van der Waals surface area contributed by atoms with E-state index < -0.39 is 0 Å². The molecule has 0 aliphatic heterocycles. The highest BCUT2D eigenvalue weighted by molar-refractivity contribution is 5.69. The van der Waals surface area contributed by atoms with Crippen LogP contribution in [-0.2, 0) is 0 Å². The van der Waals surface area contributed by atoms with Gasteiger partial charge >= 0.3 is 0 Å². The molecule has 0 aliphatic rings. The van der Waals surface area contributed by atoms with Gasteiger partial charge in [-0.25, -0.2) is 9.50 Å². The van der Waals surface area contributed by atoms with Gasteiger partial charge in [0.15, 0.2) is 5.65 Å². The summed E-state index contributed by atoms with van der Waals surface area (Å²) in [7, 11) is 0. The van der Waals surface area contributed by atoms with Crippen molar-refractivity contribution in [3.8, 4) is 22.5 Å². The van der Waals surface area contributed by atoms with Crippen molar-refractivity contribution >= 4 is 5.65 Å². The second kappa shape index (κ2) is 5.36. The smallest absolute Gasteiger partial charge is 0.156 e. The average Bonchev–Trinajstić information content (AvgIpc) is 2.99. The van der Waals surface area contributed by atoms with E-state index in [1.54, 1.807) is 0 Å². The van der Waals surface area contributed by atoms with Crippen molar-refractivity contribution in [2.24, 2.45) is 0 Å². The van der Waals surface area contributed by atoms with Crippen LogP contribution in [0.3, 0.4) is 0 Å². The second-order valence-electron chi connectivity index (χ2n) is 5.81. The molecule has 112 valence electrons. The van der Waals surface area contributed by atoms with Crippen LogP contribution >= 0.6 is 0 Å². The summed E-state index contributed by atoms with van der Waals surface area (Å²) in [6.45, 7) is 4.11. The monoisotopic (exact) mass is 299 g/mol. The Morgan fingerprint density at radius 3 is 2.26 bits per heavy atom. The van der Waals surface area contributed by atoms with Crippen LogP contribution in [0.15, 0.2) is 66.7 Å². The van der Waals surface area contributed by atoms with Crippen molar-refractivity contribution < 1.29 is 0 Å². The van der Waals surface area contributed by atoms with E-state index in [1.807, 2.05) is 35.7 Å². The lowest BCUT2D eigenvalue weighted by atomic mass is 10.1. The molecule has 2 heterocycles. The van der Waals surface area contributed by atoms with Crippen molar-refractivity contribution in [3.05, 3.63) is 78.0 Å². The summed E-state index contributed by atoms with van der Waals surface area (Å²) in [5, 5.41) is 4.78. The molecule has 0 unspecified atom stereocenters. The Bertz CT molecular complexity index is 967. The molecule has 0 fully saturated rings. The number of aromatic nitrogens is 3. The molecule has 4 rings (SSSR count). The molecule has 3 nitrogen and oxygen atoms in total. The van der Waals surface area contributed by atoms with Gasteiger partial charge in [0.25, 0.3) is 0 Å². The van der Waals surface area contributed by atoms with Crippen LogP contribution in [-0.4, -0.2) is 14.6 Å². The molecule has 0 aliphatic carbocycles. The van der Waals surface area contributed by atoms with Gasteiger partial charge in [0.2, 0.25) is 0 Å². The van der Waals surface area contributed by atoms with Gasteiger partial charge in [-0.15, -0.1) is 0 Å². The van der Waals surface area contributed by atoms with Gasteiger partial charge in [0, 0.05) is 22.9 Å². The Labute approximate surface area is 135 Å². The third-order valence-corrected chi connectivity index (χ3v) is 3.97. The van der Waals surface area contributed by atoms with Crippen LogP contribution in [0.4, 0.5) is 0 Å². The predicted molar refractivity (Wildman–Crippen MR) is 93.3 cm³/mol. The first-order chi connectivity index (χ1) is 11.2. The molecule has 4 aromatic rings. The maximum Gasteiger partial charge on any atom is 0.156 e. The molecule has 0 bridgehead atoms. The van der Waals surface area contributed by atoms with E-state index >= 15 is 0 Å². The minimum Gasteiger partial charge on any atom is -0.234 e. The second-order valence-corrected chi connectivity index (χ2v) is 5.81. The van der Waals surface area contributed by atoms with E-state index in [9.17, 15) is 0 Å². The summed E-state index contributed by atoms with van der Waals surface area (Å²) in [4.78, 5) is 4.63. The van der Waals surface area contributed by atoms with Crippen LogP contribution < -0.4 is 0 Å². The molecule has 2 aromatic heterocycles. The molecule has 0 amide bonds. The summed E-state index contributed by atoms with van der Waals surface area (Å²) in [6, 6.07) is 22.9. The zero-order chi connectivity index (χ0) is 15.8. The minimum atomic E-state index is 0.874. The lowest BCUT2D eigenvalue weighted by Gasteiger charge is -2.06. The van der Waals surface area contributed by atoms with Gasteiger partial charge in [-0.1, -0.05) is 60.2 Å². The van der Waals surface area contributed by atoms with E-state index in [-0.39, 0.29) is 0 Å². The number of benzene rings is 2. The molecule has 0 N–H and O–H groups in total. The maximum atomic E-state index is 4.78. The topological polar surface area (TPSA) is 30.2 Å². The molecular weight excluding hydrogens is 282 g/mol. The van der Waals surface area contributed by atoms with Gasteiger partial charge in [0.1, 0.15) is 0 Å². The quantitative estimate of drug-likeness (QED) is 0.538. The van der Waals surface area contributed by atoms with Gasteiger partial charge in [-0.05, 0) is 19.9 Å². The first-order valence-electron chi connectivity index (χ1n) is 7.70. The van der Waals surface area contributed by atoms with E-state index in [4.69, 9.17) is 5.10 Å². The lowest BCUT2D eigenvalue weighted by Crippen LogP contribution is -1.97. The molecule has 23 heavy (non-hydrogen) atoms. The fourth-order valence-electron chi connectivity index (χ4n) is 2.78. The molecular formula is C20H17N3. The largest absolute Gasteiger partial charge is 0.234 e. The molecule has 0 saturated carbocycles. The van der Waals surface area contributed by atoms with Crippen LogP contribution in [0.25, 0.3) is 28.2 Å². The van der Waals surface area contributed by atoms with E-state index in [2.05, 4.69) is 54.4 Å². The molecule has 2 aromatic carbocycles. The van der Waals surface area contributed by atoms with Crippen molar-refractivity contribution in [3.63, 3.8) is 0 Å². The van der Waals surface area contributed by atoms with Crippen LogP contribution in [0.1, 0.15) is 11.3 Å². The number of rotatable bonds is 2. The number of aryl methyl sites for hydroxylation is 2. The molecule has 3 heteroatoms. The Morgan fingerprint density at radius 1 is 0.783 bits per heavy atom. The summed E-state index contributed by atoms with van der Waals surface area (Å²) in [5.74, 6) is 0. The fourth-order valence-corrected chi connectivity index (χ4v) is 2.78. The summed E-state index contributed by atoms with van der Waals surface area (Å²) in [5.41, 5.74) is 7.37. The van der Waals surface area contributed by atoms with Gasteiger partial charge < -0.3 is 0 Å². The lowest BCUT2D eigenvalue weighted by molar-refractivity contribution is 0.942. The zero-order valence-electron chi connectivity index (χ0n) is 13.2. The highest BCUT2D eigenvalue weighted by Gasteiger charge is 2.11. The fraction of sp³-hybridized carbons (Fsp3) is 0.100. The molecule has 0 spiro atoms. The van der Waals surface area contributed by atoms with Crippen molar-refractivity contribution in [1.82, 2.24) is 14.6 Å². The summed E-state index contributed by atoms with van der Waals surface area (Å²) >= 11 is 0. The standard InChI is InChI=1S/C20H17N3/c1-14-8-10-16(11-9-14)18-13-20-21-15(2)12-19(23(20)22-18)17-6-4-3-5-7-17/h3-13H,1-2H3. The number of nitrogens with zero attached hydrogens (tertiary/aromatic N) is 3. The first-order valence-corrected chi connectivity index (χ1v) is 7.70. The highest BCUT2D eigenvalue weighted by atomic mass is 15.3. The highest BCUT2D eigenvalue weighted by Crippen LogP contribution is 2.25. The maximum absolute atomic E-state index is 4.78. The van der Waals surface area contributed by atoms with Gasteiger partial charge in [0.05, 0.1) is 11.4 Å². The van der Waals surface area contributed by atoms with E-state index in [1.165, 1.54) is 5.56 Å². The van der Waals surface area contributed by atoms with Gasteiger partial charge in [-0.2, -0.15) is 5.10 Å². The molecule has 0 radical (unpaired) electrons. The number of fused-ring (bicyclic) bond motifs is 1. The first kappa shape index (κ1) is 13.7. The van der Waals surface area contributed by atoms with Crippen LogP contribution in [0.5, 0.6) is 0 Å². The van der Waals surface area contributed by atoms with Crippen LogP contribution in [0.2, 0.25) is 0 Å². The normalized spacial score (nSPS) is 11.0. The van der Waals surface area contributed by atoms with Gasteiger partial charge in [-0.3, -0.25) is 0 Å². The van der Waals surface area contributed by atoms with Crippen molar-refractivity contribution in [2.45, 2.75) is 13.8 Å². The minimum absolute atomic E-state index is 0.874. The average molecular weight is 299 g/mol. The Morgan fingerprint density at radius 2 is 1.52 bits per heavy atom. The summed E-state index contributed by atoms with van der Waals surface area (Å²) in [6.07, 6.45) is 0. The predicted octanol–water partition coefficient (Wildman–Crippen LogP) is 4.68. The van der Waals surface area contributed by atoms with E-state index in [0.717, 1.165) is 33.9 Å². The Hall–Kier alpha value is -2.94. The molecule has 0 atom stereocenters. The Balaban J connectivity index is 1.93. The van der Waals surface area contributed by atoms with Crippen LogP contribution in [0, 0.1) is 13.8 Å². The SMILES string of the molecule is Cc1ccc(-c2cc3nc(C)cc(-c4ccccc4)n3n2)cc1. The number of hydrogen-bond donors (Lipinski definition) is 0. The van der Waals surface area contributed by atoms with Crippen molar-refractivity contribution in [1.29, 1.82) is 0 Å². The third-order valence-electron chi connectivity index (χ3n) is 3.97. The number of hydrogen-bond acceptors (Lipinski definition) is 2.